The largest absolute Gasteiger partial charge is 0.323 e. The highest BCUT2D eigenvalue weighted by molar-refractivity contribution is 7.89. The van der Waals surface area contributed by atoms with E-state index in [2.05, 4.69) is 10.6 Å². The molecule has 3 aromatic carbocycles. The van der Waals surface area contributed by atoms with Gasteiger partial charge in [-0.15, -0.1) is 0 Å². The van der Waals surface area contributed by atoms with E-state index in [1.54, 1.807) is 54.6 Å². The summed E-state index contributed by atoms with van der Waals surface area (Å²) in [4.78, 5) is 12.6. The second-order valence-electron chi connectivity index (χ2n) is 6.97. The van der Waals surface area contributed by atoms with Crippen LogP contribution in [-0.4, -0.2) is 25.3 Å². The van der Waals surface area contributed by atoms with Gasteiger partial charge in [0.15, 0.2) is 0 Å². The smallest absolute Gasteiger partial charge is 0.308 e. The van der Waals surface area contributed by atoms with Gasteiger partial charge in [-0.2, -0.15) is 4.31 Å². The zero-order chi connectivity index (χ0) is 21.1. The van der Waals surface area contributed by atoms with Crippen LogP contribution in [0.1, 0.15) is 11.1 Å². The molecule has 154 valence electrons. The first-order chi connectivity index (χ1) is 14.4. The van der Waals surface area contributed by atoms with Gasteiger partial charge in [0.2, 0.25) is 10.0 Å². The molecule has 0 saturated heterocycles. The molecule has 1 heterocycles. The average Bonchev–Trinajstić information content (AvgIpc) is 2.74. The minimum absolute atomic E-state index is 0.262. The lowest BCUT2D eigenvalue weighted by atomic mass is 10.0. The lowest BCUT2D eigenvalue weighted by Crippen LogP contribution is -2.36. The zero-order valence-corrected chi connectivity index (χ0v) is 17.6. The number of benzene rings is 3. The molecule has 3 aromatic rings. The van der Waals surface area contributed by atoms with E-state index in [0.717, 1.165) is 11.1 Å². The van der Waals surface area contributed by atoms with Gasteiger partial charge >= 0.3 is 6.03 Å². The van der Waals surface area contributed by atoms with Crippen molar-refractivity contribution in [2.75, 3.05) is 17.2 Å². The third-order valence-corrected chi connectivity index (χ3v) is 7.00. The fourth-order valence-electron chi connectivity index (χ4n) is 3.42. The highest BCUT2D eigenvalue weighted by Gasteiger charge is 2.28. The lowest BCUT2D eigenvalue weighted by molar-refractivity contribution is 0.262. The summed E-state index contributed by atoms with van der Waals surface area (Å²) in [5.74, 6) is 0. The van der Waals surface area contributed by atoms with Crippen LogP contribution in [0.4, 0.5) is 16.2 Å². The minimum Gasteiger partial charge on any atom is -0.308 e. The molecule has 0 atom stereocenters. The summed E-state index contributed by atoms with van der Waals surface area (Å²) in [5.41, 5.74) is 3.13. The first kappa shape index (κ1) is 20.4. The van der Waals surface area contributed by atoms with Crippen LogP contribution < -0.4 is 10.6 Å². The van der Waals surface area contributed by atoms with Crippen molar-refractivity contribution in [1.29, 1.82) is 0 Å². The summed E-state index contributed by atoms with van der Waals surface area (Å²) < 4.78 is 27.3. The highest BCUT2D eigenvalue weighted by Crippen LogP contribution is 2.27. The molecule has 2 N–H and O–H groups in total. The first-order valence-corrected chi connectivity index (χ1v) is 11.2. The van der Waals surface area contributed by atoms with Crippen LogP contribution in [0.25, 0.3) is 0 Å². The summed E-state index contributed by atoms with van der Waals surface area (Å²) in [5, 5.41) is 6.04. The lowest BCUT2D eigenvalue weighted by Gasteiger charge is -2.28. The van der Waals surface area contributed by atoms with Crippen molar-refractivity contribution in [2.24, 2.45) is 0 Å². The van der Waals surface area contributed by atoms with Gasteiger partial charge in [-0.3, -0.25) is 0 Å². The topological polar surface area (TPSA) is 78.5 Å². The van der Waals surface area contributed by atoms with Gasteiger partial charge in [0.25, 0.3) is 0 Å². The van der Waals surface area contributed by atoms with Gasteiger partial charge in [-0.25, -0.2) is 13.2 Å². The molecule has 0 saturated carbocycles. The number of carbonyl (C=O) groups is 1. The standard InChI is InChI=1S/C22H20ClN3O3S/c23-18-5-4-6-19(14-18)24-22(27)25-20-10-9-16-11-12-26(15-17(16)13-20)30(28,29)21-7-2-1-3-8-21/h1-10,13-14H,11-12,15H2,(H2,24,25,27). The number of hydrogen-bond donors (Lipinski definition) is 2. The molecule has 0 bridgehead atoms. The first-order valence-electron chi connectivity index (χ1n) is 9.42. The van der Waals surface area contributed by atoms with Crippen molar-refractivity contribution >= 4 is 39.0 Å². The molecule has 0 spiro atoms. The SMILES string of the molecule is O=C(Nc1cccc(Cl)c1)Nc1ccc2c(c1)CN(S(=O)(=O)c1ccccc1)CC2. The van der Waals surface area contributed by atoms with Crippen LogP contribution in [0, 0.1) is 0 Å². The van der Waals surface area contributed by atoms with Gasteiger partial charge in [0.1, 0.15) is 0 Å². The van der Waals surface area contributed by atoms with E-state index in [1.165, 1.54) is 4.31 Å². The van der Waals surface area contributed by atoms with Gasteiger partial charge in [-0.05, 0) is 60.0 Å². The highest BCUT2D eigenvalue weighted by atomic mass is 35.5. The molecule has 0 aliphatic carbocycles. The zero-order valence-electron chi connectivity index (χ0n) is 16.0. The molecule has 4 rings (SSSR count). The molecule has 0 fully saturated rings. The normalized spacial score (nSPS) is 14.0. The third-order valence-electron chi connectivity index (χ3n) is 4.90. The van der Waals surface area contributed by atoms with E-state index in [-0.39, 0.29) is 11.4 Å². The molecule has 0 radical (unpaired) electrons. The third kappa shape index (κ3) is 4.48. The maximum Gasteiger partial charge on any atom is 0.323 e. The van der Waals surface area contributed by atoms with Crippen LogP contribution >= 0.6 is 11.6 Å². The van der Waals surface area contributed by atoms with Crippen molar-refractivity contribution in [3.05, 3.63) is 88.9 Å². The van der Waals surface area contributed by atoms with E-state index in [0.29, 0.717) is 29.4 Å². The van der Waals surface area contributed by atoms with Crippen molar-refractivity contribution in [2.45, 2.75) is 17.9 Å². The maximum atomic E-state index is 12.9. The number of halogens is 1. The van der Waals surface area contributed by atoms with Crippen molar-refractivity contribution < 1.29 is 13.2 Å². The van der Waals surface area contributed by atoms with Gasteiger partial charge in [-0.1, -0.05) is 41.9 Å². The Labute approximate surface area is 180 Å². The van der Waals surface area contributed by atoms with E-state index in [9.17, 15) is 13.2 Å². The van der Waals surface area contributed by atoms with Crippen molar-refractivity contribution in [1.82, 2.24) is 4.31 Å². The number of fused-ring (bicyclic) bond motifs is 1. The van der Waals surface area contributed by atoms with Crippen molar-refractivity contribution in [3.8, 4) is 0 Å². The summed E-state index contributed by atoms with van der Waals surface area (Å²) in [6.45, 7) is 0.685. The fraction of sp³-hybridized carbons (Fsp3) is 0.136. The molecule has 30 heavy (non-hydrogen) atoms. The summed E-state index contributed by atoms with van der Waals surface area (Å²) in [6, 6.07) is 20.4. The van der Waals surface area contributed by atoms with Crippen LogP contribution in [-0.2, 0) is 23.0 Å². The number of anilines is 2. The molecule has 0 aromatic heterocycles. The number of nitrogens with one attached hydrogen (secondary N) is 2. The monoisotopic (exact) mass is 441 g/mol. The van der Waals surface area contributed by atoms with Crippen LogP contribution in [0.2, 0.25) is 5.02 Å². The quantitative estimate of drug-likeness (QED) is 0.614. The Morgan fingerprint density at radius 3 is 2.33 bits per heavy atom. The Bertz CT molecular complexity index is 1180. The summed E-state index contributed by atoms with van der Waals surface area (Å²) in [6.07, 6.45) is 0.621. The average molecular weight is 442 g/mol. The van der Waals surface area contributed by atoms with Gasteiger partial charge in [0.05, 0.1) is 4.90 Å². The Morgan fingerprint density at radius 2 is 1.60 bits per heavy atom. The fourth-order valence-corrected chi connectivity index (χ4v) is 5.05. The molecule has 0 unspecified atom stereocenters. The molecule has 1 aliphatic heterocycles. The predicted molar refractivity (Wildman–Crippen MR) is 118 cm³/mol. The second-order valence-corrected chi connectivity index (χ2v) is 9.35. The Morgan fingerprint density at radius 1 is 0.867 bits per heavy atom. The summed E-state index contributed by atoms with van der Waals surface area (Å²) >= 11 is 5.94. The number of rotatable bonds is 4. The minimum atomic E-state index is -3.56. The Hall–Kier alpha value is -2.87. The van der Waals surface area contributed by atoms with E-state index in [1.807, 2.05) is 18.2 Å². The Kier molecular flexibility index (Phi) is 5.76. The van der Waals surface area contributed by atoms with E-state index < -0.39 is 16.1 Å². The second kappa shape index (κ2) is 8.47. The van der Waals surface area contributed by atoms with E-state index >= 15 is 0 Å². The van der Waals surface area contributed by atoms with Gasteiger partial charge < -0.3 is 10.6 Å². The maximum absolute atomic E-state index is 12.9. The number of hydrogen-bond acceptors (Lipinski definition) is 3. The Balaban J connectivity index is 1.48. The number of amides is 2. The number of urea groups is 1. The van der Waals surface area contributed by atoms with Crippen LogP contribution in [0.5, 0.6) is 0 Å². The molecule has 2 amide bonds. The summed E-state index contributed by atoms with van der Waals surface area (Å²) in [7, 11) is -3.56. The van der Waals surface area contributed by atoms with Gasteiger partial charge in [0, 0.05) is 29.5 Å². The van der Waals surface area contributed by atoms with Crippen LogP contribution in [0.15, 0.2) is 77.7 Å². The van der Waals surface area contributed by atoms with Crippen molar-refractivity contribution in [3.63, 3.8) is 0 Å². The molecular formula is C22H20ClN3O3S. The molecule has 6 nitrogen and oxygen atoms in total. The molecule has 1 aliphatic rings. The number of carbonyl (C=O) groups excluding carboxylic acids is 1. The van der Waals surface area contributed by atoms with Crippen LogP contribution in [0.3, 0.4) is 0 Å². The molecule has 8 heteroatoms. The predicted octanol–water partition coefficient (Wildman–Crippen LogP) is 4.73. The van der Waals surface area contributed by atoms with E-state index in [4.69, 9.17) is 11.6 Å². The number of nitrogens with zero attached hydrogens (tertiary/aromatic N) is 1. The number of sulfonamides is 1. The molecular weight excluding hydrogens is 422 g/mol.